The number of nitrogens with zero attached hydrogens (tertiary/aromatic N) is 1. The quantitative estimate of drug-likeness (QED) is 0.439. The van der Waals surface area contributed by atoms with Gasteiger partial charge in [0, 0.05) is 5.69 Å². The number of hydrogen-bond acceptors (Lipinski definition) is 4. The predicted octanol–water partition coefficient (Wildman–Crippen LogP) is 4.43. The Kier molecular flexibility index (Phi) is 4.72. The number of anilines is 1. The first-order chi connectivity index (χ1) is 11.7. The van der Waals surface area contributed by atoms with Crippen molar-refractivity contribution in [2.24, 2.45) is 5.16 Å². The maximum Gasteiger partial charge on any atom is 0.437 e. The highest BCUT2D eigenvalue weighted by molar-refractivity contribution is 5.91. The highest BCUT2D eigenvalue weighted by Gasteiger charge is 2.02. The summed E-state index contributed by atoms with van der Waals surface area (Å²) in [4.78, 5) is 16.4. The van der Waals surface area contributed by atoms with Crippen LogP contribution in [0.25, 0.3) is 10.8 Å². The van der Waals surface area contributed by atoms with Gasteiger partial charge in [-0.3, -0.25) is 10.2 Å². The summed E-state index contributed by atoms with van der Waals surface area (Å²) in [6.45, 7) is 0. The van der Waals surface area contributed by atoms with Crippen LogP contribution in [0.2, 0.25) is 0 Å². The van der Waals surface area contributed by atoms with Crippen molar-refractivity contribution in [2.45, 2.75) is 0 Å². The number of amides is 1. The second kappa shape index (κ2) is 7.28. The van der Waals surface area contributed by atoms with Gasteiger partial charge in [0.05, 0.1) is 13.3 Å². The van der Waals surface area contributed by atoms with E-state index in [1.165, 1.54) is 6.21 Å². The summed E-state index contributed by atoms with van der Waals surface area (Å²) in [5.74, 6) is 0.810. The zero-order valence-corrected chi connectivity index (χ0v) is 13.1. The van der Waals surface area contributed by atoms with Gasteiger partial charge in [0.2, 0.25) is 0 Å². The fourth-order valence-electron chi connectivity index (χ4n) is 2.25. The van der Waals surface area contributed by atoms with Gasteiger partial charge in [-0.25, -0.2) is 4.79 Å². The molecule has 1 amide bonds. The molecular formula is C19H16N2O3. The van der Waals surface area contributed by atoms with Crippen molar-refractivity contribution in [3.8, 4) is 5.75 Å². The Hall–Kier alpha value is -3.34. The van der Waals surface area contributed by atoms with E-state index in [2.05, 4.69) is 10.5 Å². The van der Waals surface area contributed by atoms with Crippen molar-refractivity contribution in [1.82, 2.24) is 0 Å². The van der Waals surface area contributed by atoms with Crippen LogP contribution in [0, 0.1) is 0 Å². The molecule has 0 spiro atoms. The van der Waals surface area contributed by atoms with Crippen LogP contribution in [0.5, 0.6) is 5.75 Å². The number of hydrogen-bond donors (Lipinski definition) is 1. The number of carbonyl (C=O) groups is 1. The Morgan fingerprint density at radius 2 is 1.75 bits per heavy atom. The van der Waals surface area contributed by atoms with E-state index >= 15 is 0 Å². The van der Waals surface area contributed by atoms with Crippen LogP contribution in [0.4, 0.5) is 10.5 Å². The topological polar surface area (TPSA) is 59.9 Å². The third-order valence-corrected chi connectivity index (χ3v) is 3.43. The molecule has 0 fully saturated rings. The van der Waals surface area contributed by atoms with Crippen molar-refractivity contribution in [1.29, 1.82) is 0 Å². The first-order valence-electron chi connectivity index (χ1n) is 7.39. The Bertz CT molecular complexity index is 876. The van der Waals surface area contributed by atoms with Crippen LogP contribution in [-0.2, 0) is 4.84 Å². The number of nitrogens with one attached hydrogen (secondary N) is 1. The van der Waals surface area contributed by atoms with E-state index in [0.29, 0.717) is 5.69 Å². The number of para-hydroxylation sites is 1. The van der Waals surface area contributed by atoms with Crippen molar-refractivity contribution >= 4 is 28.8 Å². The van der Waals surface area contributed by atoms with Gasteiger partial charge in [0.15, 0.2) is 0 Å². The number of benzene rings is 3. The number of rotatable bonds is 4. The third kappa shape index (κ3) is 3.89. The molecule has 3 aromatic carbocycles. The first-order valence-corrected chi connectivity index (χ1v) is 7.39. The minimum atomic E-state index is -0.636. The SMILES string of the molecule is COc1ccc2cc(C=NOC(=O)Nc3ccccc3)ccc2c1. The highest BCUT2D eigenvalue weighted by atomic mass is 16.7. The number of ether oxygens (including phenoxy) is 1. The minimum absolute atomic E-state index is 0.636. The molecule has 0 radical (unpaired) electrons. The molecule has 0 unspecified atom stereocenters. The summed E-state index contributed by atoms with van der Waals surface area (Å²) in [7, 11) is 1.64. The van der Waals surface area contributed by atoms with Gasteiger partial charge in [-0.05, 0) is 46.7 Å². The van der Waals surface area contributed by atoms with Gasteiger partial charge < -0.3 is 4.74 Å². The lowest BCUT2D eigenvalue weighted by Gasteiger charge is -2.03. The third-order valence-electron chi connectivity index (χ3n) is 3.43. The van der Waals surface area contributed by atoms with Gasteiger partial charge in [0.1, 0.15) is 5.75 Å². The summed E-state index contributed by atoms with van der Waals surface area (Å²) in [5, 5.41) is 8.41. The molecule has 0 saturated carbocycles. The smallest absolute Gasteiger partial charge is 0.437 e. The average molecular weight is 320 g/mol. The van der Waals surface area contributed by atoms with Crippen LogP contribution in [0.3, 0.4) is 0 Å². The molecule has 0 atom stereocenters. The van der Waals surface area contributed by atoms with Crippen molar-refractivity contribution in [2.75, 3.05) is 12.4 Å². The molecule has 0 aliphatic carbocycles. The van der Waals surface area contributed by atoms with E-state index in [4.69, 9.17) is 9.57 Å². The second-order valence-corrected chi connectivity index (χ2v) is 5.08. The summed E-state index contributed by atoms with van der Waals surface area (Å²) in [6, 6.07) is 20.7. The van der Waals surface area contributed by atoms with Crippen LogP contribution >= 0.6 is 0 Å². The number of methoxy groups -OCH3 is 1. The van der Waals surface area contributed by atoms with Gasteiger partial charge in [-0.15, -0.1) is 0 Å². The zero-order chi connectivity index (χ0) is 16.8. The second-order valence-electron chi connectivity index (χ2n) is 5.08. The number of carbonyl (C=O) groups excluding carboxylic acids is 1. The molecule has 3 rings (SSSR count). The van der Waals surface area contributed by atoms with Crippen LogP contribution < -0.4 is 10.1 Å². The average Bonchev–Trinajstić information content (AvgIpc) is 2.62. The van der Waals surface area contributed by atoms with E-state index in [-0.39, 0.29) is 0 Å². The van der Waals surface area contributed by atoms with Crippen molar-refractivity contribution < 1.29 is 14.4 Å². The zero-order valence-electron chi connectivity index (χ0n) is 13.1. The fraction of sp³-hybridized carbons (Fsp3) is 0.0526. The summed E-state index contributed by atoms with van der Waals surface area (Å²) >= 11 is 0. The van der Waals surface area contributed by atoms with Gasteiger partial charge in [-0.2, -0.15) is 0 Å². The summed E-state index contributed by atoms with van der Waals surface area (Å²) < 4.78 is 5.20. The normalized spacial score (nSPS) is 10.7. The van der Waals surface area contributed by atoms with Crippen molar-refractivity contribution in [3.05, 3.63) is 72.3 Å². The number of oxime groups is 1. The first kappa shape index (κ1) is 15.6. The standard InChI is InChI=1S/C19H16N2O3/c1-23-18-10-9-15-11-14(7-8-16(15)12-18)13-20-24-19(22)21-17-5-3-2-4-6-17/h2-13H,1H3,(H,21,22). The molecule has 120 valence electrons. The van der Waals surface area contributed by atoms with Gasteiger partial charge >= 0.3 is 6.09 Å². The largest absolute Gasteiger partial charge is 0.497 e. The van der Waals surface area contributed by atoms with E-state index in [1.807, 2.05) is 54.6 Å². The lowest BCUT2D eigenvalue weighted by atomic mass is 10.1. The Morgan fingerprint density at radius 1 is 1.00 bits per heavy atom. The van der Waals surface area contributed by atoms with E-state index in [1.54, 1.807) is 19.2 Å². The fourth-order valence-corrected chi connectivity index (χ4v) is 2.25. The van der Waals surface area contributed by atoms with Crippen LogP contribution in [0.15, 0.2) is 71.9 Å². The molecule has 3 aromatic rings. The number of fused-ring (bicyclic) bond motifs is 1. The maximum atomic E-state index is 11.6. The van der Waals surface area contributed by atoms with Crippen LogP contribution in [0.1, 0.15) is 5.56 Å². The lowest BCUT2D eigenvalue weighted by molar-refractivity contribution is 0.167. The molecule has 0 aliphatic rings. The predicted molar refractivity (Wildman–Crippen MR) is 94.6 cm³/mol. The molecule has 0 aliphatic heterocycles. The molecule has 24 heavy (non-hydrogen) atoms. The monoisotopic (exact) mass is 320 g/mol. The Balaban J connectivity index is 1.64. The van der Waals surface area contributed by atoms with Gasteiger partial charge in [0.25, 0.3) is 0 Å². The maximum absolute atomic E-state index is 11.6. The molecule has 0 saturated heterocycles. The van der Waals surface area contributed by atoms with E-state index in [0.717, 1.165) is 22.1 Å². The van der Waals surface area contributed by atoms with E-state index < -0.39 is 6.09 Å². The van der Waals surface area contributed by atoms with Crippen LogP contribution in [-0.4, -0.2) is 19.4 Å². The van der Waals surface area contributed by atoms with E-state index in [9.17, 15) is 4.79 Å². The molecular weight excluding hydrogens is 304 g/mol. The Morgan fingerprint density at radius 3 is 2.54 bits per heavy atom. The molecule has 0 heterocycles. The summed E-state index contributed by atoms with van der Waals surface area (Å²) in [5.41, 5.74) is 1.48. The molecule has 5 nitrogen and oxygen atoms in total. The lowest BCUT2D eigenvalue weighted by Crippen LogP contribution is -2.10. The van der Waals surface area contributed by atoms with Gasteiger partial charge in [-0.1, -0.05) is 41.6 Å². The molecule has 1 N–H and O–H groups in total. The minimum Gasteiger partial charge on any atom is -0.497 e. The molecule has 5 heteroatoms. The molecule has 0 aromatic heterocycles. The molecule has 0 bridgehead atoms. The highest BCUT2D eigenvalue weighted by Crippen LogP contribution is 2.21. The van der Waals surface area contributed by atoms with Crippen molar-refractivity contribution in [3.63, 3.8) is 0 Å². The Labute approximate surface area is 139 Å². The summed E-state index contributed by atoms with van der Waals surface area (Å²) in [6.07, 6.45) is 0.858.